The third kappa shape index (κ3) is 5.07. The molecule has 5 aromatic rings. The first-order chi connectivity index (χ1) is 18.6. The number of aromatic nitrogens is 4. The van der Waals surface area contributed by atoms with Gasteiger partial charge in [0.25, 0.3) is 0 Å². The summed E-state index contributed by atoms with van der Waals surface area (Å²) in [5.41, 5.74) is 2.38. The van der Waals surface area contributed by atoms with Gasteiger partial charge in [0.15, 0.2) is 22.9 Å². The number of carbonyl (C=O) groups is 1. The van der Waals surface area contributed by atoms with Gasteiger partial charge in [0.05, 0.1) is 33.3 Å². The van der Waals surface area contributed by atoms with Crippen molar-refractivity contribution in [3.63, 3.8) is 0 Å². The summed E-state index contributed by atoms with van der Waals surface area (Å²) in [4.78, 5) is 21.4. The van der Waals surface area contributed by atoms with Gasteiger partial charge >= 0.3 is 5.97 Å². The van der Waals surface area contributed by atoms with E-state index in [2.05, 4.69) is 15.4 Å². The average Bonchev–Trinajstić information content (AvgIpc) is 3.65. The number of esters is 1. The Labute approximate surface area is 217 Å². The summed E-state index contributed by atoms with van der Waals surface area (Å²) >= 11 is 0. The van der Waals surface area contributed by atoms with Gasteiger partial charge in [-0.1, -0.05) is 18.2 Å². The third-order valence-electron chi connectivity index (χ3n) is 5.69. The number of nitrogens with one attached hydrogen (secondary N) is 1. The van der Waals surface area contributed by atoms with E-state index in [-0.39, 0.29) is 6.61 Å². The first kappa shape index (κ1) is 24.6. The highest BCUT2D eigenvalue weighted by molar-refractivity contribution is 5.92. The van der Waals surface area contributed by atoms with E-state index in [0.29, 0.717) is 58.2 Å². The van der Waals surface area contributed by atoms with Gasteiger partial charge in [-0.2, -0.15) is 4.52 Å². The van der Waals surface area contributed by atoms with Crippen molar-refractivity contribution in [1.82, 2.24) is 19.6 Å². The Morgan fingerprint density at radius 1 is 0.947 bits per heavy atom. The molecule has 0 radical (unpaired) electrons. The number of hydrogen-bond acceptors (Lipinski definition) is 10. The molecule has 0 aliphatic rings. The van der Waals surface area contributed by atoms with Crippen LogP contribution < -0.4 is 19.5 Å². The van der Waals surface area contributed by atoms with Crippen LogP contribution in [-0.2, 0) is 17.9 Å². The summed E-state index contributed by atoms with van der Waals surface area (Å²) in [6.07, 6.45) is 1.56. The van der Waals surface area contributed by atoms with Crippen LogP contribution in [0.1, 0.15) is 21.6 Å². The zero-order valence-corrected chi connectivity index (χ0v) is 21.0. The average molecular weight is 516 g/mol. The minimum atomic E-state index is -0.484. The Bertz CT molecular complexity index is 1560. The van der Waals surface area contributed by atoms with Crippen LogP contribution >= 0.6 is 0 Å². The van der Waals surface area contributed by atoms with E-state index in [4.69, 9.17) is 28.3 Å². The molecule has 0 fully saturated rings. The van der Waals surface area contributed by atoms with E-state index in [1.807, 2.05) is 18.2 Å². The molecule has 0 saturated heterocycles. The highest BCUT2D eigenvalue weighted by Gasteiger charge is 2.16. The van der Waals surface area contributed by atoms with Crippen molar-refractivity contribution >= 4 is 17.6 Å². The lowest BCUT2D eigenvalue weighted by molar-refractivity contribution is 0.0595. The van der Waals surface area contributed by atoms with Crippen molar-refractivity contribution in [2.24, 2.45) is 0 Å². The summed E-state index contributed by atoms with van der Waals surface area (Å²) in [6.45, 7) is 0.506. The molecule has 2 aromatic carbocycles. The summed E-state index contributed by atoms with van der Waals surface area (Å²) in [7, 11) is 4.51. The number of hydrogen-bond donors (Lipinski definition) is 1. The van der Waals surface area contributed by atoms with E-state index in [9.17, 15) is 4.79 Å². The van der Waals surface area contributed by atoms with E-state index in [1.165, 1.54) is 7.11 Å². The number of fused-ring (bicyclic) bond motifs is 1. The molecule has 0 bridgehead atoms. The minimum absolute atomic E-state index is 0.0818. The molecule has 0 spiro atoms. The zero-order chi connectivity index (χ0) is 26.5. The van der Waals surface area contributed by atoms with Crippen LogP contribution in [0.5, 0.6) is 17.2 Å². The molecular weight excluding hydrogens is 490 g/mol. The van der Waals surface area contributed by atoms with Crippen molar-refractivity contribution in [1.29, 1.82) is 0 Å². The second kappa shape index (κ2) is 10.9. The Morgan fingerprint density at radius 2 is 1.79 bits per heavy atom. The fourth-order valence-electron chi connectivity index (χ4n) is 3.83. The number of ether oxygens (including phenoxy) is 4. The van der Waals surface area contributed by atoms with Crippen LogP contribution in [-0.4, -0.2) is 46.9 Å². The Hall–Kier alpha value is -5.06. The van der Waals surface area contributed by atoms with E-state index in [0.717, 1.165) is 5.56 Å². The molecule has 0 aliphatic heterocycles. The van der Waals surface area contributed by atoms with Crippen LogP contribution in [0.4, 0.5) is 5.95 Å². The standard InChI is InChI=1S/C27H25N5O6/c1-34-21-11-10-17(13-23(21)35-2)15-28-27-29-18(16-38-20-8-5-4-7-19(20)26(33)36-3)14-24-30-25(31-32(24)27)22-9-6-12-37-22/h4-14H,15-16H2,1-3H3,(H,28,29). The summed E-state index contributed by atoms with van der Waals surface area (Å²) < 4.78 is 28.6. The molecule has 38 heavy (non-hydrogen) atoms. The highest BCUT2D eigenvalue weighted by atomic mass is 16.5. The SMILES string of the molecule is COC(=O)c1ccccc1OCc1cc2nc(-c3ccco3)nn2c(NCc2ccc(OC)c(OC)c2)n1. The number of anilines is 1. The first-order valence-corrected chi connectivity index (χ1v) is 11.6. The van der Waals surface area contributed by atoms with Gasteiger partial charge in [-0.3, -0.25) is 0 Å². The number of rotatable bonds is 10. The van der Waals surface area contributed by atoms with Crippen molar-refractivity contribution in [3.8, 4) is 28.8 Å². The van der Waals surface area contributed by atoms with Gasteiger partial charge in [0.1, 0.15) is 17.9 Å². The van der Waals surface area contributed by atoms with Crippen molar-refractivity contribution in [3.05, 3.63) is 83.7 Å². The summed E-state index contributed by atoms with van der Waals surface area (Å²) in [6, 6.07) is 17.8. The number of carbonyl (C=O) groups excluding carboxylic acids is 1. The predicted octanol–water partition coefficient (Wildman–Crippen LogP) is 4.38. The fraction of sp³-hybridized carbons (Fsp3) is 0.185. The van der Waals surface area contributed by atoms with E-state index < -0.39 is 5.97 Å². The topological polar surface area (TPSA) is 122 Å². The lowest BCUT2D eigenvalue weighted by atomic mass is 10.2. The molecule has 0 unspecified atom stereocenters. The monoisotopic (exact) mass is 515 g/mol. The molecule has 3 heterocycles. The number of para-hydroxylation sites is 1. The Morgan fingerprint density at radius 3 is 2.55 bits per heavy atom. The van der Waals surface area contributed by atoms with Crippen molar-refractivity contribution in [2.75, 3.05) is 26.6 Å². The van der Waals surface area contributed by atoms with Gasteiger partial charge in [-0.05, 0) is 42.0 Å². The lowest BCUT2D eigenvalue weighted by Gasteiger charge is -2.13. The quantitative estimate of drug-likeness (QED) is 0.268. The molecule has 0 saturated carbocycles. The smallest absolute Gasteiger partial charge is 0.341 e. The third-order valence-corrected chi connectivity index (χ3v) is 5.69. The Balaban J connectivity index is 1.45. The largest absolute Gasteiger partial charge is 0.493 e. The maximum atomic E-state index is 12.1. The molecule has 11 nitrogen and oxygen atoms in total. The van der Waals surface area contributed by atoms with Gasteiger partial charge in [0.2, 0.25) is 11.8 Å². The normalized spacial score (nSPS) is 10.8. The number of methoxy groups -OCH3 is 3. The van der Waals surface area contributed by atoms with Crippen molar-refractivity contribution < 1.29 is 28.2 Å². The predicted molar refractivity (Wildman–Crippen MR) is 137 cm³/mol. The molecule has 11 heteroatoms. The van der Waals surface area contributed by atoms with Gasteiger partial charge in [-0.15, -0.1) is 5.10 Å². The molecule has 5 rings (SSSR count). The number of furan rings is 1. The van der Waals surface area contributed by atoms with Crippen molar-refractivity contribution in [2.45, 2.75) is 13.2 Å². The number of benzene rings is 2. The summed E-state index contributed by atoms with van der Waals surface area (Å²) in [5, 5.41) is 7.90. The summed E-state index contributed by atoms with van der Waals surface area (Å²) in [5.74, 6) is 2.56. The first-order valence-electron chi connectivity index (χ1n) is 11.6. The van der Waals surface area contributed by atoms with E-state index >= 15 is 0 Å². The van der Waals surface area contributed by atoms with Gasteiger partial charge < -0.3 is 28.7 Å². The lowest BCUT2D eigenvalue weighted by Crippen LogP contribution is -2.11. The number of nitrogens with zero attached hydrogens (tertiary/aromatic N) is 4. The molecule has 1 N–H and O–H groups in total. The zero-order valence-electron chi connectivity index (χ0n) is 21.0. The van der Waals surface area contributed by atoms with Crippen LogP contribution in [0, 0.1) is 0 Å². The van der Waals surface area contributed by atoms with Gasteiger partial charge in [0, 0.05) is 12.6 Å². The molecule has 194 valence electrons. The van der Waals surface area contributed by atoms with Crippen LogP contribution in [0.15, 0.2) is 71.3 Å². The van der Waals surface area contributed by atoms with E-state index in [1.54, 1.807) is 67.5 Å². The minimum Gasteiger partial charge on any atom is -0.493 e. The fourth-order valence-corrected chi connectivity index (χ4v) is 3.83. The highest BCUT2D eigenvalue weighted by Crippen LogP contribution is 2.28. The second-order valence-electron chi connectivity index (χ2n) is 8.07. The molecule has 0 atom stereocenters. The van der Waals surface area contributed by atoms with Crippen LogP contribution in [0.25, 0.3) is 17.2 Å². The Kier molecular flexibility index (Phi) is 7.07. The maximum Gasteiger partial charge on any atom is 0.341 e. The second-order valence-corrected chi connectivity index (χ2v) is 8.07. The van der Waals surface area contributed by atoms with Gasteiger partial charge in [-0.25, -0.2) is 14.8 Å². The molecule has 0 amide bonds. The molecular formula is C27H25N5O6. The molecule has 3 aromatic heterocycles. The molecule has 0 aliphatic carbocycles. The van der Waals surface area contributed by atoms with Crippen LogP contribution in [0.3, 0.4) is 0 Å². The maximum absolute atomic E-state index is 12.1. The van der Waals surface area contributed by atoms with Crippen LogP contribution in [0.2, 0.25) is 0 Å².